The van der Waals surface area contributed by atoms with Gasteiger partial charge in [0.2, 0.25) is 0 Å². The molecule has 0 radical (unpaired) electrons. The highest BCUT2D eigenvalue weighted by atomic mass is 16.5. The van der Waals surface area contributed by atoms with Gasteiger partial charge in [0.05, 0.1) is 6.61 Å². The summed E-state index contributed by atoms with van der Waals surface area (Å²) in [6.07, 6.45) is 2.80. The van der Waals surface area contributed by atoms with Gasteiger partial charge in [0.1, 0.15) is 0 Å². The molecule has 0 bridgehead atoms. The molecule has 0 aliphatic carbocycles. The topological polar surface area (TPSA) is 49.8 Å². The first kappa shape index (κ1) is 15.4. The normalized spacial score (nSPS) is 11.3. The second-order valence-electron chi connectivity index (χ2n) is 4.31. The van der Waals surface area contributed by atoms with Crippen LogP contribution in [0, 0.1) is 0 Å². The number of nitrogens with zero attached hydrogens (tertiary/aromatic N) is 1. The fraction of sp³-hybridized carbons (Fsp3) is 0.400. The van der Waals surface area contributed by atoms with Crippen molar-refractivity contribution in [3.8, 4) is 0 Å². The van der Waals surface area contributed by atoms with Crippen LogP contribution in [0.4, 0.5) is 0 Å². The van der Waals surface area contributed by atoms with Crippen LogP contribution in [0.1, 0.15) is 18.1 Å². The van der Waals surface area contributed by atoms with E-state index < -0.39 is 5.97 Å². The molecule has 0 saturated carbocycles. The third kappa shape index (κ3) is 6.18. The number of likely N-dealkylation sites (N-methyl/N-ethyl adjacent to an activating group) is 1. The zero-order valence-electron chi connectivity index (χ0n) is 11.5. The highest BCUT2D eigenvalue weighted by Gasteiger charge is 2.03. The van der Waals surface area contributed by atoms with Crippen LogP contribution in [0.5, 0.6) is 0 Å². The van der Waals surface area contributed by atoms with E-state index in [4.69, 9.17) is 9.84 Å². The molecule has 0 amide bonds. The molecule has 1 aromatic carbocycles. The average molecular weight is 263 g/mol. The maximum absolute atomic E-state index is 10.6. The Morgan fingerprint density at radius 3 is 2.84 bits per heavy atom. The van der Waals surface area contributed by atoms with Gasteiger partial charge < -0.3 is 9.84 Å². The number of benzene rings is 1. The first-order valence-corrected chi connectivity index (χ1v) is 6.38. The van der Waals surface area contributed by atoms with Gasteiger partial charge in [-0.15, -0.1) is 0 Å². The summed E-state index contributed by atoms with van der Waals surface area (Å²) < 4.78 is 5.32. The monoisotopic (exact) mass is 263 g/mol. The van der Waals surface area contributed by atoms with Crippen LogP contribution in [0.3, 0.4) is 0 Å². The van der Waals surface area contributed by atoms with Gasteiger partial charge in [0.25, 0.3) is 0 Å². The molecule has 1 aromatic rings. The Hall–Kier alpha value is -1.65. The molecular weight excluding hydrogens is 242 g/mol. The van der Waals surface area contributed by atoms with Crippen molar-refractivity contribution in [3.63, 3.8) is 0 Å². The van der Waals surface area contributed by atoms with E-state index in [1.165, 1.54) is 6.08 Å². The van der Waals surface area contributed by atoms with Gasteiger partial charge in [0.15, 0.2) is 0 Å². The van der Waals surface area contributed by atoms with E-state index in [0.29, 0.717) is 6.61 Å². The van der Waals surface area contributed by atoms with Gasteiger partial charge in [-0.3, -0.25) is 4.90 Å². The van der Waals surface area contributed by atoms with Crippen LogP contribution >= 0.6 is 0 Å². The van der Waals surface area contributed by atoms with E-state index in [9.17, 15) is 4.79 Å². The van der Waals surface area contributed by atoms with Gasteiger partial charge in [0, 0.05) is 25.8 Å². The third-order valence-electron chi connectivity index (χ3n) is 2.72. The van der Waals surface area contributed by atoms with Crippen molar-refractivity contribution in [1.29, 1.82) is 0 Å². The zero-order chi connectivity index (χ0) is 14.1. The van der Waals surface area contributed by atoms with Crippen molar-refractivity contribution in [2.24, 2.45) is 0 Å². The van der Waals surface area contributed by atoms with E-state index in [2.05, 4.69) is 4.90 Å². The summed E-state index contributed by atoms with van der Waals surface area (Å²) in [7, 11) is 2.02. The van der Waals surface area contributed by atoms with Crippen LogP contribution < -0.4 is 0 Å². The van der Waals surface area contributed by atoms with E-state index in [0.717, 1.165) is 30.8 Å². The standard InChI is InChI=1S/C15H21NO3/c1-3-19-11-10-16(2)12-14-7-5-4-6-13(14)8-9-15(17)18/h4-9H,3,10-12H2,1-2H3,(H,17,18)/b9-8+. The van der Waals surface area contributed by atoms with Crippen molar-refractivity contribution in [2.75, 3.05) is 26.8 Å². The SMILES string of the molecule is CCOCCN(C)Cc1ccccc1/C=C/C(=O)O. The number of hydrogen-bond acceptors (Lipinski definition) is 3. The zero-order valence-corrected chi connectivity index (χ0v) is 11.5. The Bertz CT molecular complexity index is 429. The predicted molar refractivity (Wildman–Crippen MR) is 75.9 cm³/mol. The number of carboxylic acid groups (broad SMARTS) is 1. The smallest absolute Gasteiger partial charge is 0.328 e. The Labute approximate surface area is 114 Å². The summed E-state index contributed by atoms with van der Waals surface area (Å²) in [6.45, 7) is 5.04. The molecule has 1 N–H and O–H groups in total. The quantitative estimate of drug-likeness (QED) is 0.577. The first-order valence-electron chi connectivity index (χ1n) is 6.38. The number of ether oxygens (including phenoxy) is 1. The number of hydrogen-bond donors (Lipinski definition) is 1. The van der Waals surface area contributed by atoms with Crippen molar-refractivity contribution in [2.45, 2.75) is 13.5 Å². The molecule has 19 heavy (non-hydrogen) atoms. The highest BCUT2D eigenvalue weighted by molar-refractivity contribution is 5.85. The molecule has 0 aromatic heterocycles. The Balaban J connectivity index is 2.64. The molecule has 0 aliphatic heterocycles. The molecule has 104 valence electrons. The van der Waals surface area contributed by atoms with E-state index >= 15 is 0 Å². The first-order chi connectivity index (χ1) is 9.13. The molecule has 0 atom stereocenters. The number of carbonyl (C=O) groups is 1. The Kier molecular flexibility index (Phi) is 6.85. The van der Waals surface area contributed by atoms with Gasteiger partial charge in [-0.2, -0.15) is 0 Å². The third-order valence-corrected chi connectivity index (χ3v) is 2.72. The molecule has 0 fully saturated rings. The summed E-state index contributed by atoms with van der Waals surface area (Å²) in [6, 6.07) is 7.80. The lowest BCUT2D eigenvalue weighted by molar-refractivity contribution is -0.131. The fourth-order valence-electron chi connectivity index (χ4n) is 1.74. The second-order valence-corrected chi connectivity index (χ2v) is 4.31. The van der Waals surface area contributed by atoms with Crippen LogP contribution in [-0.4, -0.2) is 42.8 Å². The van der Waals surface area contributed by atoms with Crippen LogP contribution in [0.15, 0.2) is 30.3 Å². The fourth-order valence-corrected chi connectivity index (χ4v) is 1.74. The van der Waals surface area contributed by atoms with Gasteiger partial charge in [-0.1, -0.05) is 24.3 Å². The minimum absolute atomic E-state index is 0.708. The lowest BCUT2D eigenvalue weighted by Gasteiger charge is -2.17. The predicted octanol–water partition coefficient (Wildman–Crippen LogP) is 2.25. The van der Waals surface area contributed by atoms with Crippen LogP contribution in [-0.2, 0) is 16.1 Å². The Morgan fingerprint density at radius 2 is 2.16 bits per heavy atom. The molecule has 4 heteroatoms. The molecule has 0 aliphatic rings. The minimum atomic E-state index is -0.931. The summed E-state index contributed by atoms with van der Waals surface area (Å²) >= 11 is 0. The van der Waals surface area contributed by atoms with Crippen LogP contribution in [0.25, 0.3) is 6.08 Å². The van der Waals surface area contributed by atoms with Crippen molar-refractivity contribution in [1.82, 2.24) is 4.90 Å². The lowest BCUT2D eigenvalue weighted by atomic mass is 10.1. The average Bonchev–Trinajstić information content (AvgIpc) is 2.38. The minimum Gasteiger partial charge on any atom is -0.478 e. The Morgan fingerprint density at radius 1 is 1.42 bits per heavy atom. The van der Waals surface area contributed by atoms with Crippen molar-refractivity contribution in [3.05, 3.63) is 41.5 Å². The molecule has 0 unspecified atom stereocenters. The van der Waals surface area contributed by atoms with Gasteiger partial charge in [-0.05, 0) is 31.2 Å². The number of aliphatic carboxylic acids is 1. The summed E-state index contributed by atoms with van der Waals surface area (Å²) in [5.74, 6) is -0.931. The lowest BCUT2D eigenvalue weighted by Crippen LogP contribution is -2.23. The number of rotatable bonds is 8. The summed E-state index contributed by atoms with van der Waals surface area (Å²) in [5.41, 5.74) is 2.05. The number of carboxylic acids is 1. The van der Waals surface area contributed by atoms with Gasteiger partial charge >= 0.3 is 5.97 Å². The summed E-state index contributed by atoms with van der Waals surface area (Å²) in [5, 5.41) is 8.68. The van der Waals surface area contributed by atoms with Gasteiger partial charge in [-0.25, -0.2) is 4.79 Å². The largest absolute Gasteiger partial charge is 0.478 e. The maximum Gasteiger partial charge on any atom is 0.328 e. The molecule has 0 heterocycles. The second kappa shape index (κ2) is 8.45. The van der Waals surface area contributed by atoms with E-state index in [1.54, 1.807) is 6.08 Å². The highest BCUT2D eigenvalue weighted by Crippen LogP contribution is 2.12. The molecule has 0 spiro atoms. The van der Waals surface area contributed by atoms with Crippen molar-refractivity contribution < 1.29 is 14.6 Å². The maximum atomic E-state index is 10.6. The molecular formula is C15H21NO3. The van der Waals surface area contributed by atoms with E-state index in [-0.39, 0.29) is 0 Å². The summed E-state index contributed by atoms with van der Waals surface area (Å²) in [4.78, 5) is 12.7. The molecule has 4 nitrogen and oxygen atoms in total. The van der Waals surface area contributed by atoms with E-state index in [1.807, 2.05) is 38.2 Å². The molecule has 0 saturated heterocycles. The van der Waals surface area contributed by atoms with Crippen molar-refractivity contribution >= 4 is 12.0 Å². The molecule has 1 rings (SSSR count). The van der Waals surface area contributed by atoms with Crippen LogP contribution in [0.2, 0.25) is 0 Å².